The minimum Gasteiger partial charge on any atom is -0.369 e. The van der Waals surface area contributed by atoms with Crippen molar-refractivity contribution in [1.82, 2.24) is 0 Å². The zero-order chi connectivity index (χ0) is 15.6. The van der Waals surface area contributed by atoms with Gasteiger partial charge in [-0.1, -0.05) is 6.92 Å². The molecule has 0 aliphatic carbocycles. The van der Waals surface area contributed by atoms with Crippen LogP contribution in [0.5, 0.6) is 0 Å². The van der Waals surface area contributed by atoms with Gasteiger partial charge in [-0.05, 0) is 37.8 Å². The second-order valence-corrected chi connectivity index (χ2v) is 5.21. The molecule has 0 amide bonds. The molecular formula is C14H17F3N2O2. The fourth-order valence-corrected chi connectivity index (χ4v) is 2.85. The van der Waals surface area contributed by atoms with Crippen molar-refractivity contribution in [2.24, 2.45) is 0 Å². The summed E-state index contributed by atoms with van der Waals surface area (Å²) in [4.78, 5) is 11.7. The molecule has 1 aliphatic rings. The lowest BCUT2D eigenvalue weighted by Crippen LogP contribution is -2.39. The fourth-order valence-electron chi connectivity index (χ4n) is 2.85. The van der Waals surface area contributed by atoms with E-state index < -0.39 is 22.4 Å². The van der Waals surface area contributed by atoms with Crippen molar-refractivity contribution in [3.63, 3.8) is 0 Å². The van der Waals surface area contributed by atoms with E-state index in [0.717, 1.165) is 37.8 Å². The molecule has 1 atom stereocenters. The molecule has 21 heavy (non-hydrogen) atoms. The van der Waals surface area contributed by atoms with Crippen LogP contribution in [0, 0.1) is 10.1 Å². The van der Waals surface area contributed by atoms with Gasteiger partial charge >= 0.3 is 6.18 Å². The van der Waals surface area contributed by atoms with Crippen molar-refractivity contribution in [3.05, 3.63) is 33.9 Å². The number of nitro benzene ring substituents is 1. The quantitative estimate of drug-likeness (QED) is 0.615. The van der Waals surface area contributed by atoms with Crippen LogP contribution < -0.4 is 4.90 Å². The van der Waals surface area contributed by atoms with Crippen LogP contribution in [-0.4, -0.2) is 17.5 Å². The lowest BCUT2D eigenvalue weighted by Gasteiger charge is -2.37. The van der Waals surface area contributed by atoms with Gasteiger partial charge in [-0.25, -0.2) is 0 Å². The van der Waals surface area contributed by atoms with Crippen molar-refractivity contribution in [2.45, 2.75) is 44.8 Å². The van der Waals surface area contributed by atoms with Crippen molar-refractivity contribution in [1.29, 1.82) is 0 Å². The van der Waals surface area contributed by atoms with E-state index in [1.165, 1.54) is 6.07 Å². The zero-order valence-electron chi connectivity index (χ0n) is 11.7. The van der Waals surface area contributed by atoms with Gasteiger partial charge in [-0.15, -0.1) is 0 Å². The number of piperidine rings is 1. The minimum atomic E-state index is -4.73. The maximum atomic E-state index is 13.0. The van der Waals surface area contributed by atoms with E-state index in [2.05, 4.69) is 0 Å². The van der Waals surface area contributed by atoms with Gasteiger partial charge in [-0.2, -0.15) is 13.2 Å². The van der Waals surface area contributed by atoms with Crippen LogP contribution in [0.1, 0.15) is 38.2 Å². The predicted molar refractivity (Wildman–Crippen MR) is 73.4 cm³/mol. The number of benzene rings is 1. The van der Waals surface area contributed by atoms with Gasteiger partial charge < -0.3 is 4.90 Å². The second kappa shape index (κ2) is 5.91. The van der Waals surface area contributed by atoms with E-state index in [-0.39, 0.29) is 6.04 Å². The smallest absolute Gasteiger partial charge is 0.369 e. The summed E-state index contributed by atoms with van der Waals surface area (Å²) in [5, 5.41) is 10.8. The Morgan fingerprint density at radius 1 is 1.38 bits per heavy atom. The first-order valence-corrected chi connectivity index (χ1v) is 6.97. The monoisotopic (exact) mass is 302 g/mol. The average molecular weight is 302 g/mol. The Bertz CT molecular complexity index is 531. The lowest BCUT2D eigenvalue weighted by atomic mass is 9.98. The lowest BCUT2D eigenvalue weighted by molar-refractivity contribution is -0.388. The predicted octanol–water partition coefficient (Wildman–Crippen LogP) is 4.38. The third kappa shape index (κ3) is 3.28. The summed E-state index contributed by atoms with van der Waals surface area (Å²) in [5.74, 6) is 0. The van der Waals surface area contributed by atoms with Crippen molar-refractivity contribution in [3.8, 4) is 0 Å². The van der Waals surface area contributed by atoms with E-state index in [1.807, 2.05) is 11.8 Å². The highest BCUT2D eigenvalue weighted by molar-refractivity contribution is 5.57. The first kappa shape index (κ1) is 15.6. The van der Waals surface area contributed by atoms with Gasteiger partial charge in [0.2, 0.25) is 0 Å². The maximum absolute atomic E-state index is 13.0. The van der Waals surface area contributed by atoms with Gasteiger partial charge in [0.15, 0.2) is 0 Å². The van der Waals surface area contributed by atoms with Gasteiger partial charge in [0.25, 0.3) is 5.69 Å². The highest BCUT2D eigenvalue weighted by Crippen LogP contribution is 2.39. The van der Waals surface area contributed by atoms with Crippen LogP contribution in [0.2, 0.25) is 0 Å². The first-order valence-electron chi connectivity index (χ1n) is 6.97. The number of nitrogens with zero attached hydrogens (tertiary/aromatic N) is 2. The standard InChI is InChI=1S/C14H17F3N2O2/c1-2-10-5-3-4-8-18(10)11-6-7-13(19(20)21)12(9-11)14(15,16)17/h6-7,9-10H,2-5,8H2,1H3. The van der Waals surface area contributed by atoms with Crippen molar-refractivity contribution >= 4 is 11.4 Å². The molecule has 0 N–H and O–H groups in total. The SMILES string of the molecule is CCC1CCCCN1c1ccc([N+](=O)[O-])c(C(F)(F)F)c1. The molecular weight excluding hydrogens is 285 g/mol. The summed E-state index contributed by atoms with van der Waals surface area (Å²) in [6, 6.07) is 3.48. The Labute approximate surface area is 120 Å². The first-order chi connectivity index (χ1) is 9.84. The number of hydrogen-bond acceptors (Lipinski definition) is 3. The third-order valence-corrected chi connectivity index (χ3v) is 3.91. The molecule has 1 aliphatic heterocycles. The normalized spacial score (nSPS) is 19.6. The largest absolute Gasteiger partial charge is 0.423 e. The molecule has 0 aromatic heterocycles. The molecule has 116 valence electrons. The number of nitro groups is 1. The molecule has 0 radical (unpaired) electrons. The fraction of sp³-hybridized carbons (Fsp3) is 0.571. The Morgan fingerprint density at radius 2 is 2.10 bits per heavy atom. The molecule has 4 nitrogen and oxygen atoms in total. The van der Waals surface area contributed by atoms with Crippen LogP contribution in [0.15, 0.2) is 18.2 Å². The van der Waals surface area contributed by atoms with Crippen LogP contribution in [0.3, 0.4) is 0 Å². The van der Waals surface area contributed by atoms with E-state index in [1.54, 1.807) is 0 Å². The van der Waals surface area contributed by atoms with E-state index >= 15 is 0 Å². The third-order valence-electron chi connectivity index (χ3n) is 3.91. The van der Waals surface area contributed by atoms with Crippen molar-refractivity contribution < 1.29 is 18.1 Å². The molecule has 1 fully saturated rings. The molecule has 0 spiro atoms. The molecule has 0 saturated carbocycles. The van der Waals surface area contributed by atoms with Gasteiger partial charge in [0.1, 0.15) is 5.56 Å². The zero-order valence-corrected chi connectivity index (χ0v) is 11.7. The van der Waals surface area contributed by atoms with Gasteiger partial charge in [0.05, 0.1) is 4.92 Å². The summed E-state index contributed by atoms with van der Waals surface area (Å²) in [5.41, 5.74) is -1.65. The Balaban J connectivity index is 2.44. The van der Waals surface area contributed by atoms with Crippen LogP contribution in [0.4, 0.5) is 24.5 Å². The summed E-state index contributed by atoms with van der Waals surface area (Å²) < 4.78 is 39.0. The number of hydrogen-bond donors (Lipinski definition) is 0. The maximum Gasteiger partial charge on any atom is 0.423 e. The summed E-state index contributed by atoms with van der Waals surface area (Å²) >= 11 is 0. The minimum absolute atomic E-state index is 0.196. The molecule has 7 heteroatoms. The van der Waals surface area contributed by atoms with E-state index in [9.17, 15) is 23.3 Å². The topological polar surface area (TPSA) is 46.4 Å². The molecule has 1 heterocycles. The molecule has 1 aromatic carbocycles. The Morgan fingerprint density at radius 3 is 2.67 bits per heavy atom. The highest BCUT2D eigenvalue weighted by Gasteiger charge is 2.39. The van der Waals surface area contributed by atoms with E-state index in [4.69, 9.17) is 0 Å². The number of anilines is 1. The van der Waals surface area contributed by atoms with Crippen LogP contribution >= 0.6 is 0 Å². The molecule has 2 rings (SSSR count). The molecule has 1 aromatic rings. The van der Waals surface area contributed by atoms with Crippen LogP contribution in [0.25, 0.3) is 0 Å². The Kier molecular flexibility index (Phi) is 4.39. The average Bonchev–Trinajstić information content (AvgIpc) is 2.45. The number of alkyl halides is 3. The van der Waals surface area contributed by atoms with E-state index in [0.29, 0.717) is 12.2 Å². The van der Waals surface area contributed by atoms with Gasteiger partial charge in [-0.3, -0.25) is 10.1 Å². The summed E-state index contributed by atoms with van der Waals surface area (Å²) in [6.07, 6.45) is -0.952. The Hall–Kier alpha value is -1.79. The van der Waals surface area contributed by atoms with Crippen molar-refractivity contribution in [2.75, 3.05) is 11.4 Å². The van der Waals surface area contributed by atoms with Gasteiger partial charge in [0, 0.05) is 24.3 Å². The summed E-state index contributed by atoms with van der Waals surface area (Å²) in [6.45, 7) is 2.69. The molecule has 1 unspecified atom stereocenters. The molecule has 0 bridgehead atoms. The number of rotatable bonds is 3. The highest BCUT2D eigenvalue weighted by atomic mass is 19.4. The molecule has 1 saturated heterocycles. The summed E-state index contributed by atoms with van der Waals surface area (Å²) in [7, 11) is 0. The number of halogens is 3. The second-order valence-electron chi connectivity index (χ2n) is 5.21. The van der Waals surface area contributed by atoms with Crippen LogP contribution in [-0.2, 0) is 6.18 Å².